The van der Waals surface area contributed by atoms with Gasteiger partial charge < -0.3 is 10.3 Å². The molecule has 0 saturated heterocycles. The molecule has 6 nitrogen and oxygen atoms in total. The predicted molar refractivity (Wildman–Crippen MR) is 79.6 cm³/mol. The van der Waals surface area contributed by atoms with Gasteiger partial charge in [0, 0.05) is 22.9 Å². The van der Waals surface area contributed by atoms with Crippen molar-refractivity contribution >= 4 is 23.0 Å². The lowest BCUT2D eigenvalue weighted by Crippen LogP contribution is -2.45. The minimum atomic E-state index is -0.224. The molecule has 2 aliphatic rings. The Morgan fingerprint density at radius 2 is 2.19 bits per heavy atom. The molecular formula is C14H15N5OS. The first-order chi connectivity index (χ1) is 10.0. The van der Waals surface area contributed by atoms with E-state index in [0.717, 1.165) is 47.0 Å². The summed E-state index contributed by atoms with van der Waals surface area (Å²) in [6.07, 6.45) is 2.08. The van der Waals surface area contributed by atoms with E-state index in [1.807, 2.05) is 19.2 Å². The highest BCUT2D eigenvalue weighted by atomic mass is 32.1. The molecule has 2 aromatic heterocycles. The van der Waals surface area contributed by atoms with E-state index >= 15 is 0 Å². The summed E-state index contributed by atoms with van der Waals surface area (Å²) in [6.45, 7) is 4.09. The SMILES string of the molecule is CC1(C)CC(=O)C2=C(N1)c1[nH]c(-c3csnn3)nc1CC2. The number of carbonyl (C=O) groups is 1. The Morgan fingerprint density at radius 3 is 2.95 bits per heavy atom. The number of carbonyl (C=O) groups excluding carboxylic acids is 1. The number of nitrogens with one attached hydrogen (secondary N) is 2. The van der Waals surface area contributed by atoms with Gasteiger partial charge in [-0.25, -0.2) is 4.98 Å². The predicted octanol–water partition coefficient (Wildman–Crippen LogP) is 1.93. The van der Waals surface area contributed by atoms with Gasteiger partial charge in [-0.05, 0) is 38.2 Å². The van der Waals surface area contributed by atoms with Gasteiger partial charge in [0.2, 0.25) is 0 Å². The van der Waals surface area contributed by atoms with Crippen LogP contribution in [0.3, 0.4) is 0 Å². The molecule has 7 heteroatoms. The highest BCUT2D eigenvalue weighted by molar-refractivity contribution is 7.03. The number of fused-ring (bicyclic) bond motifs is 2. The number of allylic oxidation sites excluding steroid dienone is 1. The third kappa shape index (κ3) is 1.99. The average Bonchev–Trinajstić information content (AvgIpc) is 3.06. The van der Waals surface area contributed by atoms with E-state index in [1.165, 1.54) is 11.5 Å². The molecule has 0 saturated carbocycles. The fourth-order valence-electron chi connectivity index (χ4n) is 3.01. The van der Waals surface area contributed by atoms with E-state index in [9.17, 15) is 4.79 Å². The van der Waals surface area contributed by atoms with Gasteiger partial charge in [0.1, 0.15) is 5.69 Å². The van der Waals surface area contributed by atoms with Crippen LogP contribution in [-0.2, 0) is 11.2 Å². The molecule has 1 aliphatic heterocycles. The highest BCUT2D eigenvalue weighted by Gasteiger charge is 2.36. The third-order valence-corrected chi connectivity index (χ3v) is 4.45. The second-order valence-corrected chi connectivity index (χ2v) is 6.77. The molecule has 0 bridgehead atoms. The summed E-state index contributed by atoms with van der Waals surface area (Å²) in [5.74, 6) is 0.964. The van der Waals surface area contributed by atoms with Crippen molar-refractivity contribution < 1.29 is 4.79 Å². The van der Waals surface area contributed by atoms with Gasteiger partial charge in [-0.15, -0.1) is 5.10 Å². The zero-order valence-electron chi connectivity index (χ0n) is 11.9. The molecule has 1 aliphatic carbocycles. The molecule has 108 valence electrons. The Balaban J connectivity index is 1.83. The largest absolute Gasteiger partial charge is 0.378 e. The number of aromatic nitrogens is 4. The number of H-pyrrole nitrogens is 1. The molecule has 0 aromatic carbocycles. The van der Waals surface area contributed by atoms with Gasteiger partial charge in [0.05, 0.1) is 17.1 Å². The van der Waals surface area contributed by atoms with E-state index in [2.05, 4.69) is 24.9 Å². The van der Waals surface area contributed by atoms with E-state index in [0.29, 0.717) is 6.42 Å². The van der Waals surface area contributed by atoms with Crippen LogP contribution < -0.4 is 5.32 Å². The van der Waals surface area contributed by atoms with Gasteiger partial charge in [-0.3, -0.25) is 4.79 Å². The molecule has 3 heterocycles. The third-order valence-electron chi connectivity index (χ3n) is 3.95. The Morgan fingerprint density at radius 1 is 1.33 bits per heavy atom. The standard InChI is InChI=1S/C14H15N5OS/c1-14(2)5-10(20)7-3-4-8-12(11(7)17-14)16-13(15-8)9-6-21-19-18-9/h6,17H,3-5H2,1-2H3,(H,15,16). The van der Waals surface area contributed by atoms with Gasteiger partial charge in [-0.2, -0.15) is 0 Å². The monoisotopic (exact) mass is 301 g/mol. The van der Waals surface area contributed by atoms with Crippen LogP contribution >= 0.6 is 11.5 Å². The molecule has 0 atom stereocenters. The lowest BCUT2D eigenvalue weighted by Gasteiger charge is -2.36. The normalized spacial score (nSPS) is 20.0. The zero-order chi connectivity index (χ0) is 14.6. The number of hydrogen-bond donors (Lipinski definition) is 2. The molecule has 0 spiro atoms. The van der Waals surface area contributed by atoms with Crippen LogP contribution in [0.25, 0.3) is 17.2 Å². The average molecular weight is 301 g/mol. The molecule has 4 rings (SSSR count). The summed E-state index contributed by atoms with van der Waals surface area (Å²) >= 11 is 1.30. The van der Waals surface area contributed by atoms with Crippen LogP contribution in [-0.4, -0.2) is 30.9 Å². The van der Waals surface area contributed by atoms with Crippen molar-refractivity contribution in [1.29, 1.82) is 0 Å². The van der Waals surface area contributed by atoms with Crippen LogP contribution in [0.1, 0.15) is 38.1 Å². The topological polar surface area (TPSA) is 83.6 Å². The first-order valence-electron chi connectivity index (χ1n) is 6.95. The van der Waals surface area contributed by atoms with Gasteiger partial charge in [0.25, 0.3) is 0 Å². The molecule has 0 unspecified atom stereocenters. The molecule has 2 aromatic rings. The molecule has 2 N–H and O–H groups in total. The summed E-state index contributed by atoms with van der Waals surface area (Å²) in [5, 5.41) is 9.41. The van der Waals surface area contributed by atoms with Crippen LogP contribution in [0.5, 0.6) is 0 Å². The smallest absolute Gasteiger partial charge is 0.163 e. The van der Waals surface area contributed by atoms with Gasteiger partial charge in [-0.1, -0.05) is 4.49 Å². The fourth-order valence-corrected chi connectivity index (χ4v) is 3.45. The van der Waals surface area contributed by atoms with E-state index < -0.39 is 0 Å². The molecule has 0 fully saturated rings. The van der Waals surface area contributed by atoms with E-state index in [-0.39, 0.29) is 11.3 Å². The van der Waals surface area contributed by atoms with Crippen molar-refractivity contribution in [2.75, 3.05) is 0 Å². The number of nitrogens with zero attached hydrogens (tertiary/aromatic N) is 3. The zero-order valence-corrected chi connectivity index (χ0v) is 12.7. The lowest BCUT2D eigenvalue weighted by atomic mass is 9.83. The van der Waals surface area contributed by atoms with Crippen molar-refractivity contribution in [2.45, 2.75) is 38.6 Å². The quantitative estimate of drug-likeness (QED) is 0.841. The minimum Gasteiger partial charge on any atom is -0.378 e. The Bertz CT molecular complexity index is 756. The number of hydrogen-bond acceptors (Lipinski definition) is 6. The van der Waals surface area contributed by atoms with E-state index in [1.54, 1.807) is 0 Å². The number of aromatic amines is 1. The summed E-state index contributed by atoms with van der Waals surface area (Å²) in [4.78, 5) is 20.3. The van der Waals surface area contributed by atoms with Crippen LogP contribution in [0.4, 0.5) is 0 Å². The van der Waals surface area contributed by atoms with E-state index in [4.69, 9.17) is 0 Å². The maximum atomic E-state index is 12.3. The number of imidazole rings is 1. The first-order valence-corrected chi connectivity index (χ1v) is 7.78. The van der Waals surface area contributed by atoms with Crippen molar-refractivity contribution in [3.63, 3.8) is 0 Å². The number of aryl methyl sites for hydroxylation is 1. The second kappa shape index (κ2) is 4.24. The molecule has 0 amide bonds. The Hall–Kier alpha value is -2.02. The van der Waals surface area contributed by atoms with Crippen molar-refractivity contribution in [3.05, 3.63) is 22.3 Å². The second-order valence-electron chi connectivity index (χ2n) is 6.16. The minimum absolute atomic E-state index is 0.224. The summed E-state index contributed by atoms with van der Waals surface area (Å²) in [6, 6.07) is 0. The van der Waals surface area contributed by atoms with Crippen LogP contribution in [0, 0.1) is 0 Å². The van der Waals surface area contributed by atoms with Crippen molar-refractivity contribution in [2.24, 2.45) is 0 Å². The molecular weight excluding hydrogens is 286 g/mol. The maximum absolute atomic E-state index is 12.3. The fraction of sp³-hybridized carbons (Fsp3) is 0.429. The number of Topliss-reactive ketones (excluding diaryl/α,β-unsaturated/α-hetero) is 1. The number of rotatable bonds is 1. The Labute approximate surface area is 125 Å². The van der Waals surface area contributed by atoms with Crippen LogP contribution in [0.2, 0.25) is 0 Å². The maximum Gasteiger partial charge on any atom is 0.163 e. The number of ketones is 1. The molecule has 0 radical (unpaired) electrons. The van der Waals surface area contributed by atoms with Crippen molar-refractivity contribution in [3.8, 4) is 11.5 Å². The summed E-state index contributed by atoms with van der Waals surface area (Å²) < 4.78 is 3.87. The lowest BCUT2D eigenvalue weighted by molar-refractivity contribution is -0.117. The highest BCUT2D eigenvalue weighted by Crippen LogP contribution is 2.36. The Kier molecular flexibility index (Phi) is 2.56. The van der Waals surface area contributed by atoms with Gasteiger partial charge >= 0.3 is 0 Å². The first kappa shape index (κ1) is 12.7. The van der Waals surface area contributed by atoms with Crippen LogP contribution in [0.15, 0.2) is 11.0 Å². The van der Waals surface area contributed by atoms with Gasteiger partial charge in [0.15, 0.2) is 11.6 Å². The summed E-state index contributed by atoms with van der Waals surface area (Å²) in [7, 11) is 0. The summed E-state index contributed by atoms with van der Waals surface area (Å²) in [5.41, 5.74) is 4.26. The molecule has 21 heavy (non-hydrogen) atoms. The van der Waals surface area contributed by atoms with Crippen molar-refractivity contribution in [1.82, 2.24) is 24.9 Å².